The Labute approximate surface area is 128 Å². The fraction of sp³-hybridized carbons (Fsp3) is 0.176. The van der Waals surface area contributed by atoms with Gasteiger partial charge in [-0.05, 0) is 6.07 Å². The molecule has 0 atom stereocenters. The standard InChI is InChI=1S/C17H16N2O3/c1-20-14-9-12-13(10-15(14)21-2)18-16(19-17(12)22-3)11-7-5-4-6-8-11/h4-10H,1-3H3. The maximum absolute atomic E-state index is 5.42. The van der Waals surface area contributed by atoms with Crippen LogP contribution < -0.4 is 14.2 Å². The van der Waals surface area contributed by atoms with Gasteiger partial charge >= 0.3 is 0 Å². The summed E-state index contributed by atoms with van der Waals surface area (Å²) in [6, 6.07) is 13.4. The van der Waals surface area contributed by atoms with E-state index in [0.29, 0.717) is 23.2 Å². The molecule has 0 spiro atoms. The minimum Gasteiger partial charge on any atom is -0.493 e. The van der Waals surface area contributed by atoms with Crippen LogP contribution in [-0.2, 0) is 0 Å². The highest BCUT2D eigenvalue weighted by Crippen LogP contribution is 2.35. The Bertz CT molecular complexity index is 804. The summed E-state index contributed by atoms with van der Waals surface area (Å²) in [6.07, 6.45) is 0. The predicted molar refractivity (Wildman–Crippen MR) is 84.6 cm³/mol. The third-order valence-electron chi connectivity index (χ3n) is 3.39. The summed E-state index contributed by atoms with van der Waals surface area (Å²) in [5.41, 5.74) is 1.67. The SMILES string of the molecule is COc1cc2nc(-c3ccccc3)nc(OC)c2cc1OC. The molecule has 0 unspecified atom stereocenters. The van der Waals surface area contributed by atoms with Crippen LogP contribution in [0.5, 0.6) is 17.4 Å². The second-order valence-corrected chi connectivity index (χ2v) is 4.65. The van der Waals surface area contributed by atoms with Crippen LogP contribution in [0.15, 0.2) is 42.5 Å². The van der Waals surface area contributed by atoms with Gasteiger partial charge in [0.15, 0.2) is 17.3 Å². The highest BCUT2D eigenvalue weighted by Gasteiger charge is 2.14. The lowest BCUT2D eigenvalue weighted by molar-refractivity contribution is 0.355. The van der Waals surface area contributed by atoms with Crippen LogP contribution in [0.25, 0.3) is 22.3 Å². The smallest absolute Gasteiger partial charge is 0.224 e. The number of benzene rings is 2. The lowest BCUT2D eigenvalue weighted by Gasteiger charge is -2.12. The van der Waals surface area contributed by atoms with Crippen LogP contribution in [0, 0.1) is 0 Å². The summed E-state index contributed by atoms with van der Waals surface area (Å²) >= 11 is 0. The number of rotatable bonds is 4. The van der Waals surface area contributed by atoms with E-state index in [-0.39, 0.29) is 0 Å². The van der Waals surface area contributed by atoms with E-state index >= 15 is 0 Å². The maximum atomic E-state index is 5.42. The molecular weight excluding hydrogens is 280 g/mol. The molecule has 0 aliphatic rings. The summed E-state index contributed by atoms with van der Waals surface area (Å²) < 4.78 is 16.1. The fourth-order valence-electron chi connectivity index (χ4n) is 2.30. The molecular formula is C17H16N2O3. The molecule has 3 rings (SSSR count). The van der Waals surface area contributed by atoms with Crippen molar-refractivity contribution in [2.24, 2.45) is 0 Å². The number of methoxy groups -OCH3 is 3. The molecule has 22 heavy (non-hydrogen) atoms. The van der Waals surface area contributed by atoms with Crippen molar-refractivity contribution in [1.29, 1.82) is 0 Å². The lowest BCUT2D eigenvalue weighted by atomic mass is 10.1. The van der Waals surface area contributed by atoms with E-state index in [2.05, 4.69) is 9.97 Å². The molecule has 1 heterocycles. The van der Waals surface area contributed by atoms with Gasteiger partial charge < -0.3 is 14.2 Å². The average Bonchev–Trinajstić information content (AvgIpc) is 2.60. The van der Waals surface area contributed by atoms with Gasteiger partial charge in [-0.1, -0.05) is 30.3 Å². The average molecular weight is 296 g/mol. The second kappa shape index (κ2) is 5.89. The van der Waals surface area contributed by atoms with Crippen LogP contribution in [0.4, 0.5) is 0 Å². The van der Waals surface area contributed by atoms with Crippen molar-refractivity contribution in [2.45, 2.75) is 0 Å². The summed E-state index contributed by atoms with van der Waals surface area (Å²) in [6.45, 7) is 0. The Kier molecular flexibility index (Phi) is 3.78. The predicted octanol–water partition coefficient (Wildman–Crippen LogP) is 3.32. The number of hydrogen-bond acceptors (Lipinski definition) is 5. The van der Waals surface area contributed by atoms with Gasteiger partial charge in [0.05, 0.1) is 32.2 Å². The topological polar surface area (TPSA) is 53.5 Å². The number of aromatic nitrogens is 2. The third-order valence-corrected chi connectivity index (χ3v) is 3.39. The molecule has 3 aromatic rings. The van der Waals surface area contributed by atoms with E-state index in [1.165, 1.54) is 0 Å². The van der Waals surface area contributed by atoms with E-state index in [4.69, 9.17) is 14.2 Å². The Morgan fingerprint density at radius 1 is 0.773 bits per heavy atom. The second-order valence-electron chi connectivity index (χ2n) is 4.65. The molecule has 0 radical (unpaired) electrons. The Morgan fingerprint density at radius 2 is 1.45 bits per heavy atom. The Hall–Kier alpha value is -2.82. The zero-order chi connectivity index (χ0) is 15.5. The van der Waals surface area contributed by atoms with E-state index in [9.17, 15) is 0 Å². The lowest BCUT2D eigenvalue weighted by Crippen LogP contribution is -1.98. The van der Waals surface area contributed by atoms with Crippen molar-refractivity contribution < 1.29 is 14.2 Å². The molecule has 0 aliphatic carbocycles. The minimum absolute atomic E-state index is 0.504. The summed E-state index contributed by atoms with van der Waals surface area (Å²) in [4.78, 5) is 9.10. The van der Waals surface area contributed by atoms with Crippen molar-refractivity contribution in [1.82, 2.24) is 9.97 Å². The molecule has 0 amide bonds. The monoisotopic (exact) mass is 296 g/mol. The van der Waals surface area contributed by atoms with Gasteiger partial charge in [0.25, 0.3) is 0 Å². The molecule has 1 aromatic heterocycles. The quantitative estimate of drug-likeness (QED) is 0.739. The van der Waals surface area contributed by atoms with Crippen molar-refractivity contribution in [3.63, 3.8) is 0 Å². The molecule has 0 N–H and O–H groups in total. The van der Waals surface area contributed by atoms with Crippen LogP contribution in [0.2, 0.25) is 0 Å². The zero-order valence-electron chi connectivity index (χ0n) is 12.7. The first-order valence-corrected chi connectivity index (χ1v) is 6.80. The first-order valence-electron chi connectivity index (χ1n) is 6.80. The van der Waals surface area contributed by atoms with Crippen molar-refractivity contribution in [3.8, 4) is 28.8 Å². The van der Waals surface area contributed by atoms with Gasteiger partial charge in [-0.15, -0.1) is 0 Å². The molecule has 5 heteroatoms. The van der Waals surface area contributed by atoms with Crippen molar-refractivity contribution in [3.05, 3.63) is 42.5 Å². The molecule has 2 aromatic carbocycles. The number of nitrogens with zero attached hydrogens (tertiary/aromatic N) is 2. The van der Waals surface area contributed by atoms with Crippen LogP contribution in [0.3, 0.4) is 0 Å². The van der Waals surface area contributed by atoms with Gasteiger partial charge in [-0.25, -0.2) is 4.98 Å². The number of ether oxygens (including phenoxy) is 3. The maximum Gasteiger partial charge on any atom is 0.224 e. The van der Waals surface area contributed by atoms with Gasteiger partial charge in [-0.2, -0.15) is 4.98 Å². The van der Waals surface area contributed by atoms with E-state index in [0.717, 1.165) is 16.5 Å². The molecule has 112 valence electrons. The summed E-state index contributed by atoms with van der Waals surface area (Å²) in [7, 11) is 4.78. The molecule has 5 nitrogen and oxygen atoms in total. The van der Waals surface area contributed by atoms with Crippen molar-refractivity contribution >= 4 is 10.9 Å². The largest absolute Gasteiger partial charge is 0.493 e. The van der Waals surface area contributed by atoms with E-state index in [1.54, 1.807) is 21.3 Å². The van der Waals surface area contributed by atoms with Gasteiger partial charge in [0.2, 0.25) is 5.88 Å². The summed E-state index contributed by atoms with van der Waals surface area (Å²) in [5, 5.41) is 0.778. The number of hydrogen-bond donors (Lipinski definition) is 0. The molecule has 0 saturated heterocycles. The first kappa shape index (κ1) is 14.1. The molecule has 0 aliphatic heterocycles. The minimum atomic E-state index is 0.504. The normalized spacial score (nSPS) is 10.5. The van der Waals surface area contributed by atoms with E-state index < -0.39 is 0 Å². The van der Waals surface area contributed by atoms with Gasteiger partial charge in [0.1, 0.15) is 0 Å². The van der Waals surface area contributed by atoms with Gasteiger partial charge in [0, 0.05) is 11.6 Å². The highest BCUT2D eigenvalue weighted by molar-refractivity contribution is 5.88. The highest BCUT2D eigenvalue weighted by atomic mass is 16.5. The Balaban J connectivity index is 2.27. The third kappa shape index (κ3) is 2.41. The number of fused-ring (bicyclic) bond motifs is 1. The summed E-state index contributed by atoms with van der Waals surface area (Å²) in [5.74, 6) is 2.35. The van der Waals surface area contributed by atoms with Crippen LogP contribution in [-0.4, -0.2) is 31.3 Å². The van der Waals surface area contributed by atoms with Crippen molar-refractivity contribution in [2.75, 3.05) is 21.3 Å². The molecule has 0 bridgehead atoms. The zero-order valence-corrected chi connectivity index (χ0v) is 12.7. The van der Waals surface area contributed by atoms with Crippen LogP contribution in [0.1, 0.15) is 0 Å². The first-order chi connectivity index (χ1) is 10.8. The fourth-order valence-corrected chi connectivity index (χ4v) is 2.30. The molecule has 0 saturated carbocycles. The van der Waals surface area contributed by atoms with E-state index in [1.807, 2.05) is 42.5 Å². The van der Waals surface area contributed by atoms with Gasteiger partial charge in [-0.3, -0.25) is 0 Å². The van der Waals surface area contributed by atoms with Crippen LogP contribution >= 0.6 is 0 Å². The molecule has 0 fully saturated rings. The Morgan fingerprint density at radius 3 is 2.09 bits per heavy atom.